The second kappa shape index (κ2) is 8.42. The molecule has 0 spiro atoms. The largest absolute Gasteiger partial charge is 0.507 e. The molecular weight excluding hydrogens is 447 g/mol. The Kier molecular flexibility index (Phi) is 5.96. The summed E-state index contributed by atoms with van der Waals surface area (Å²) in [6, 6.07) is 8.40. The normalized spacial score (nSPS) is 21.8. The van der Waals surface area contributed by atoms with Crippen LogP contribution in [0.3, 0.4) is 0 Å². The van der Waals surface area contributed by atoms with E-state index in [1.54, 1.807) is 6.07 Å². The van der Waals surface area contributed by atoms with E-state index in [0.29, 0.717) is 13.1 Å². The predicted molar refractivity (Wildman–Crippen MR) is 114 cm³/mol. The second-order valence-electron chi connectivity index (χ2n) is 8.15. The summed E-state index contributed by atoms with van der Waals surface area (Å²) in [7, 11) is 0. The Labute approximate surface area is 187 Å². The van der Waals surface area contributed by atoms with E-state index in [9.17, 15) is 23.1 Å². The van der Waals surface area contributed by atoms with Crippen molar-refractivity contribution in [2.24, 2.45) is 0 Å². The number of nitrogens with one attached hydrogen (secondary N) is 1. The molecular formula is C23H22ClF3NO4+. The molecule has 0 saturated carbocycles. The van der Waals surface area contributed by atoms with E-state index in [1.165, 1.54) is 30.3 Å². The summed E-state index contributed by atoms with van der Waals surface area (Å²) in [5.74, 6) is -1.66. The van der Waals surface area contributed by atoms with Crippen LogP contribution >= 0.6 is 11.6 Å². The molecule has 2 aromatic carbocycles. The van der Waals surface area contributed by atoms with Crippen molar-refractivity contribution in [2.75, 3.05) is 13.1 Å². The van der Waals surface area contributed by atoms with Crippen LogP contribution in [0.5, 0.6) is 5.75 Å². The van der Waals surface area contributed by atoms with Crippen LogP contribution in [-0.2, 0) is 17.5 Å². The quantitative estimate of drug-likeness (QED) is 0.609. The van der Waals surface area contributed by atoms with Crippen molar-refractivity contribution in [2.45, 2.75) is 38.8 Å². The molecule has 1 saturated heterocycles. The van der Waals surface area contributed by atoms with Gasteiger partial charge in [0, 0.05) is 10.6 Å². The second-order valence-corrected chi connectivity index (χ2v) is 8.55. The van der Waals surface area contributed by atoms with E-state index in [4.69, 9.17) is 20.8 Å². The predicted octanol–water partition coefficient (Wildman–Crippen LogP) is 4.03. The number of hydrogen-bond donors (Lipinski definition) is 2. The molecule has 2 N–H and O–H groups in total. The van der Waals surface area contributed by atoms with Crippen molar-refractivity contribution >= 4 is 22.6 Å². The number of quaternary nitrogens is 1. The third-order valence-electron chi connectivity index (χ3n) is 5.58. The maximum absolute atomic E-state index is 14.0. The lowest BCUT2D eigenvalue weighted by molar-refractivity contribution is -0.928. The van der Waals surface area contributed by atoms with Crippen LogP contribution in [-0.4, -0.2) is 30.4 Å². The smallest absolute Gasteiger partial charge is 0.450 e. The number of fused-ring (bicyclic) bond motifs is 1. The van der Waals surface area contributed by atoms with Gasteiger partial charge in [-0.1, -0.05) is 29.8 Å². The number of rotatable bonds is 3. The van der Waals surface area contributed by atoms with Gasteiger partial charge in [0.05, 0.1) is 16.5 Å². The van der Waals surface area contributed by atoms with Crippen LogP contribution in [0.25, 0.3) is 22.1 Å². The highest BCUT2D eigenvalue weighted by atomic mass is 35.5. The van der Waals surface area contributed by atoms with Gasteiger partial charge in [-0.2, -0.15) is 13.2 Å². The summed E-state index contributed by atoms with van der Waals surface area (Å²) < 4.78 is 53.1. The number of aromatic hydroxyl groups is 1. The molecule has 2 atom stereocenters. The summed E-state index contributed by atoms with van der Waals surface area (Å²) in [4.78, 5) is 14.3. The van der Waals surface area contributed by atoms with E-state index >= 15 is 0 Å². The first-order valence-corrected chi connectivity index (χ1v) is 10.6. The molecule has 5 nitrogen and oxygen atoms in total. The van der Waals surface area contributed by atoms with Crippen LogP contribution < -0.4 is 10.3 Å². The highest BCUT2D eigenvalue weighted by molar-refractivity contribution is 6.33. The first-order chi connectivity index (χ1) is 15.1. The third kappa shape index (κ3) is 4.22. The number of halogens is 4. The van der Waals surface area contributed by atoms with Gasteiger partial charge in [0.2, 0.25) is 11.2 Å². The van der Waals surface area contributed by atoms with Crippen molar-refractivity contribution in [1.82, 2.24) is 0 Å². The summed E-state index contributed by atoms with van der Waals surface area (Å²) in [5, 5.41) is 10.4. The van der Waals surface area contributed by atoms with Crippen molar-refractivity contribution in [1.29, 1.82) is 0 Å². The molecule has 1 aromatic heterocycles. The third-order valence-corrected chi connectivity index (χ3v) is 5.91. The molecule has 0 aliphatic carbocycles. The molecule has 1 aliphatic rings. The van der Waals surface area contributed by atoms with E-state index < -0.39 is 22.9 Å². The number of benzene rings is 2. The van der Waals surface area contributed by atoms with Gasteiger partial charge < -0.3 is 19.2 Å². The minimum absolute atomic E-state index is 0.00406. The molecule has 1 fully saturated rings. The van der Waals surface area contributed by atoms with Gasteiger partial charge in [0.1, 0.15) is 37.6 Å². The van der Waals surface area contributed by atoms with Crippen molar-refractivity contribution in [3.8, 4) is 16.9 Å². The van der Waals surface area contributed by atoms with Crippen molar-refractivity contribution in [3.05, 3.63) is 63.0 Å². The van der Waals surface area contributed by atoms with Gasteiger partial charge in [-0.25, -0.2) is 0 Å². The molecule has 170 valence electrons. The van der Waals surface area contributed by atoms with Crippen LogP contribution in [0.1, 0.15) is 25.2 Å². The van der Waals surface area contributed by atoms with Gasteiger partial charge in [-0.15, -0.1) is 0 Å². The lowest BCUT2D eigenvalue weighted by Crippen LogP contribution is -3.14. The first kappa shape index (κ1) is 22.6. The van der Waals surface area contributed by atoms with Gasteiger partial charge in [0.25, 0.3) is 0 Å². The van der Waals surface area contributed by atoms with E-state index in [1.807, 2.05) is 13.8 Å². The fourth-order valence-electron chi connectivity index (χ4n) is 4.37. The standard InChI is InChI=1S/C23H21ClF3NO4/c1-12-9-28(10-13(2)31-12)11-16-18(29)8-7-15-20(30)19(14-5-3-4-6-17(14)24)22(23(25,26)27)32-21(15)16/h3-8,12-13,29H,9-11H2,1-2H3/p+1/t12-,13-/m1/s1. The summed E-state index contributed by atoms with van der Waals surface area (Å²) in [6.45, 7) is 5.22. The van der Waals surface area contributed by atoms with Gasteiger partial charge in [-0.3, -0.25) is 4.79 Å². The van der Waals surface area contributed by atoms with Crippen LogP contribution in [0.15, 0.2) is 45.6 Å². The molecule has 0 amide bonds. The van der Waals surface area contributed by atoms with Gasteiger partial charge in [-0.05, 0) is 32.0 Å². The Bertz CT molecular complexity index is 1210. The first-order valence-electron chi connectivity index (χ1n) is 10.2. The lowest BCUT2D eigenvalue weighted by Gasteiger charge is -2.32. The lowest BCUT2D eigenvalue weighted by atomic mass is 10.00. The Hall–Kier alpha value is -2.55. The molecule has 4 rings (SSSR count). The molecule has 32 heavy (non-hydrogen) atoms. The number of ether oxygens (including phenoxy) is 1. The van der Waals surface area contributed by atoms with Crippen molar-refractivity contribution in [3.63, 3.8) is 0 Å². The van der Waals surface area contributed by atoms with E-state index in [-0.39, 0.29) is 51.6 Å². The maximum Gasteiger partial charge on any atom is 0.450 e. The average molecular weight is 469 g/mol. The maximum atomic E-state index is 14.0. The zero-order chi connectivity index (χ0) is 23.2. The minimum Gasteiger partial charge on any atom is -0.507 e. The molecule has 3 aromatic rings. The summed E-state index contributed by atoms with van der Waals surface area (Å²) in [5.41, 5.74) is -1.67. The molecule has 0 radical (unpaired) electrons. The fraction of sp³-hybridized carbons (Fsp3) is 0.348. The summed E-state index contributed by atoms with van der Waals surface area (Å²) in [6.07, 6.45) is -5.04. The van der Waals surface area contributed by atoms with Crippen LogP contribution in [0.4, 0.5) is 13.2 Å². The zero-order valence-corrected chi connectivity index (χ0v) is 18.2. The molecule has 0 unspecified atom stereocenters. The fourth-order valence-corrected chi connectivity index (χ4v) is 4.60. The monoisotopic (exact) mass is 468 g/mol. The average Bonchev–Trinajstić information content (AvgIpc) is 2.69. The Balaban J connectivity index is 1.95. The van der Waals surface area contributed by atoms with E-state index in [2.05, 4.69) is 0 Å². The number of morpholine rings is 1. The Morgan fingerprint density at radius 2 is 1.78 bits per heavy atom. The van der Waals surface area contributed by atoms with Gasteiger partial charge in [0.15, 0.2) is 5.58 Å². The topological polar surface area (TPSA) is 64.1 Å². The Morgan fingerprint density at radius 1 is 1.12 bits per heavy atom. The number of hydrogen-bond acceptors (Lipinski definition) is 4. The number of alkyl halides is 3. The SMILES string of the molecule is C[C@@H]1C[NH+](Cc2c(O)ccc3c(=O)c(-c4ccccc4Cl)c(C(F)(F)F)oc23)C[C@@H](C)O1. The highest BCUT2D eigenvalue weighted by Gasteiger charge is 2.40. The summed E-state index contributed by atoms with van der Waals surface area (Å²) >= 11 is 6.11. The Morgan fingerprint density at radius 3 is 2.41 bits per heavy atom. The van der Waals surface area contributed by atoms with Crippen LogP contribution in [0, 0.1) is 0 Å². The van der Waals surface area contributed by atoms with Crippen LogP contribution in [0.2, 0.25) is 5.02 Å². The molecule has 1 aliphatic heterocycles. The van der Waals surface area contributed by atoms with Gasteiger partial charge >= 0.3 is 6.18 Å². The van der Waals surface area contributed by atoms with E-state index in [0.717, 1.165) is 4.90 Å². The minimum atomic E-state index is -4.95. The number of phenolic OH excluding ortho intramolecular Hbond substituents is 1. The molecule has 9 heteroatoms. The number of phenols is 1. The zero-order valence-electron chi connectivity index (χ0n) is 17.4. The molecule has 0 bridgehead atoms. The highest BCUT2D eigenvalue weighted by Crippen LogP contribution is 2.40. The van der Waals surface area contributed by atoms with Crippen molar-refractivity contribution < 1.29 is 32.3 Å². The molecule has 2 heterocycles.